The Balaban J connectivity index is 2.12. The number of carbonyl (C=O) groups is 3. The van der Waals surface area contributed by atoms with Crippen LogP contribution in [0.5, 0.6) is 0 Å². The van der Waals surface area contributed by atoms with Crippen molar-refractivity contribution in [3.8, 4) is 0 Å². The Morgan fingerprint density at radius 3 is 2.46 bits per heavy atom. The van der Waals surface area contributed by atoms with Crippen molar-refractivity contribution in [1.82, 2.24) is 9.78 Å². The molecule has 0 fully saturated rings. The minimum Gasteiger partial charge on any atom is -0.449 e. The van der Waals surface area contributed by atoms with E-state index in [2.05, 4.69) is 10.4 Å². The van der Waals surface area contributed by atoms with Crippen LogP contribution < -0.4 is 5.32 Å². The summed E-state index contributed by atoms with van der Waals surface area (Å²) in [5.41, 5.74) is 1.32. The smallest absolute Gasteiger partial charge is 0.343 e. The second-order valence-electron chi connectivity index (χ2n) is 6.97. The number of Topliss-reactive ketones (excluding diaryl/α,β-unsaturated/α-hetero) is 1. The quantitative estimate of drug-likeness (QED) is 0.557. The minimum absolute atomic E-state index is 0.145. The van der Waals surface area contributed by atoms with Crippen LogP contribution in [0.15, 0.2) is 24.3 Å². The number of anilines is 1. The van der Waals surface area contributed by atoms with Crippen LogP contribution in [0.25, 0.3) is 0 Å². The van der Waals surface area contributed by atoms with E-state index in [1.165, 1.54) is 13.8 Å². The summed E-state index contributed by atoms with van der Waals surface area (Å²) < 4.78 is 6.82. The van der Waals surface area contributed by atoms with Crippen LogP contribution in [0.4, 0.5) is 5.69 Å². The predicted octanol–water partition coefficient (Wildman–Crippen LogP) is 3.89. The zero-order valence-electron chi connectivity index (χ0n) is 16.6. The number of nitrogens with one attached hydrogen (secondary N) is 1. The van der Waals surface area contributed by atoms with Gasteiger partial charge in [0.2, 0.25) is 0 Å². The largest absolute Gasteiger partial charge is 0.449 e. The topological polar surface area (TPSA) is 90.3 Å². The Labute approximate surface area is 169 Å². The summed E-state index contributed by atoms with van der Waals surface area (Å²) in [5, 5.41) is 7.07. The number of ether oxygens (including phenoxy) is 1. The lowest BCUT2D eigenvalue weighted by Crippen LogP contribution is -2.30. The summed E-state index contributed by atoms with van der Waals surface area (Å²) in [5.74, 6) is -1.15. The molecule has 8 heteroatoms. The number of para-hydroxylation sites is 1. The van der Waals surface area contributed by atoms with Gasteiger partial charge in [-0.05, 0) is 38.8 Å². The van der Waals surface area contributed by atoms with Gasteiger partial charge in [-0.2, -0.15) is 5.10 Å². The van der Waals surface area contributed by atoms with Gasteiger partial charge in [0.25, 0.3) is 5.91 Å². The van der Waals surface area contributed by atoms with Crippen LogP contribution in [0.3, 0.4) is 0 Å². The van der Waals surface area contributed by atoms with E-state index in [4.69, 9.17) is 16.3 Å². The zero-order valence-corrected chi connectivity index (χ0v) is 17.3. The van der Waals surface area contributed by atoms with Crippen molar-refractivity contribution in [3.63, 3.8) is 0 Å². The first-order valence-corrected chi connectivity index (χ1v) is 9.34. The molecular formula is C20H24ClN3O4. The van der Waals surface area contributed by atoms with Gasteiger partial charge in [-0.15, -0.1) is 0 Å². The van der Waals surface area contributed by atoms with E-state index in [0.29, 0.717) is 29.4 Å². The molecule has 2 rings (SSSR count). The first-order chi connectivity index (χ1) is 13.1. The Morgan fingerprint density at radius 1 is 1.21 bits per heavy atom. The molecule has 1 heterocycles. The summed E-state index contributed by atoms with van der Waals surface area (Å²) in [6.07, 6.45) is -1.09. The molecule has 2 aromatic rings. The van der Waals surface area contributed by atoms with E-state index in [1.54, 1.807) is 35.9 Å². The van der Waals surface area contributed by atoms with Crippen molar-refractivity contribution < 1.29 is 19.1 Å². The molecule has 0 aliphatic heterocycles. The van der Waals surface area contributed by atoms with Crippen LogP contribution in [-0.2, 0) is 16.1 Å². The molecule has 150 valence electrons. The number of carbonyl (C=O) groups excluding carboxylic acids is 3. The fraction of sp³-hybridized carbons (Fsp3) is 0.400. The van der Waals surface area contributed by atoms with Gasteiger partial charge in [0.1, 0.15) is 10.7 Å². The van der Waals surface area contributed by atoms with Crippen LogP contribution >= 0.6 is 11.6 Å². The number of benzene rings is 1. The van der Waals surface area contributed by atoms with Crippen molar-refractivity contribution in [2.45, 2.75) is 47.3 Å². The number of esters is 1. The highest BCUT2D eigenvalue weighted by molar-refractivity contribution is 6.32. The van der Waals surface area contributed by atoms with Gasteiger partial charge in [-0.25, -0.2) is 4.79 Å². The Bertz CT molecular complexity index is 905. The average Bonchev–Trinajstić information content (AvgIpc) is 2.87. The highest BCUT2D eigenvalue weighted by atomic mass is 35.5. The molecule has 1 atom stereocenters. The number of aromatic nitrogens is 2. The normalized spacial score (nSPS) is 12.0. The van der Waals surface area contributed by atoms with Crippen LogP contribution in [0, 0.1) is 12.8 Å². The molecule has 1 aromatic heterocycles. The first-order valence-electron chi connectivity index (χ1n) is 8.96. The number of amides is 1. The van der Waals surface area contributed by atoms with Gasteiger partial charge >= 0.3 is 5.97 Å². The van der Waals surface area contributed by atoms with E-state index < -0.39 is 18.0 Å². The summed E-state index contributed by atoms with van der Waals surface area (Å²) in [7, 11) is 0. The first kappa shape index (κ1) is 21.6. The highest BCUT2D eigenvalue weighted by Gasteiger charge is 2.26. The summed E-state index contributed by atoms with van der Waals surface area (Å²) >= 11 is 6.28. The lowest BCUT2D eigenvalue weighted by Gasteiger charge is -2.15. The SMILES string of the molecule is CC(=O)c1ccccc1NC(=O)[C@@H](C)OC(=O)c1c(C)nn(CC(C)C)c1Cl. The number of aryl methyl sites for hydroxylation is 1. The zero-order chi connectivity index (χ0) is 21.0. The summed E-state index contributed by atoms with van der Waals surface area (Å²) in [4.78, 5) is 36.6. The number of ketones is 1. The van der Waals surface area contributed by atoms with E-state index in [-0.39, 0.29) is 16.5 Å². The third-order valence-corrected chi connectivity index (χ3v) is 4.41. The molecule has 0 aliphatic carbocycles. The van der Waals surface area contributed by atoms with Crippen LogP contribution in [-0.4, -0.2) is 33.5 Å². The fourth-order valence-electron chi connectivity index (χ4n) is 2.66. The maximum atomic E-state index is 12.5. The predicted molar refractivity (Wildman–Crippen MR) is 107 cm³/mol. The van der Waals surface area contributed by atoms with Crippen molar-refractivity contribution in [3.05, 3.63) is 46.2 Å². The number of hydrogen-bond donors (Lipinski definition) is 1. The fourth-order valence-corrected chi connectivity index (χ4v) is 2.98. The molecule has 0 spiro atoms. The Morgan fingerprint density at radius 2 is 1.86 bits per heavy atom. The second kappa shape index (κ2) is 9.01. The molecule has 7 nitrogen and oxygen atoms in total. The molecule has 28 heavy (non-hydrogen) atoms. The van der Waals surface area contributed by atoms with Gasteiger partial charge in [-0.1, -0.05) is 37.6 Å². The maximum Gasteiger partial charge on any atom is 0.343 e. The molecular weight excluding hydrogens is 382 g/mol. The Kier molecular flexibility index (Phi) is 6.96. The lowest BCUT2D eigenvalue weighted by atomic mass is 10.1. The number of halogens is 1. The number of rotatable bonds is 7. The van der Waals surface area contributed by atoms with Crippen molar-refractivity contribution >= 4 is 34.9 Å². The van der Waals surface area contributed by atoms with Gasteiger partial charge in [-0.3, -0.25) is 14.3 Å². The maximum absolute atomic E-state index is 12.5. The van der Waals surface area contributed by atoms with Crippen molar-refractivity contribution in [2.75, 3.05) is 5.32 Å². The standard InChI is InChI=1S/C20H24ClN3O4/c1-11(2)10-24-18(21)17(12(3)23-24)20(27)28-14(5)19(26)22-16-9-7-6-8-15(16)13(4)25/h6-9,11,14H,10H2,1-5H3,(H,22,26)/t14-/m1/s1. The van der Waals surface area contributed by atoms with E-state index in [9.17, 15) is 14.4 Å². The molecule has 0 saturated heterocycles. The van der Waals surface area contributed by atoms with Crippen LogP contribution in [0.1, 0.15) is 54.1 Å². The molecule has 0 aliphatic rings. The third kappa shape index (κ3) is 4.98. The van der Waals surface area contributed by atoms with Crippen molar-refractivity contribution in [2.24, 2.45) is 5.92 Å². The average molecular weight is 406 g/mol. The molecule has 0 unspecified atom stereocenters. The van der Waals surface area contributed by atoms with Crippen molar-refractivity contribution in [1.29, 1.82) is 0 Å². The second-order valence-corrected chi connectivity index (χ2v) is 7.32. The number of nitrogens with zero attached hydrogens (tertiary/aromatic N) is 2. The Hall–Kier alpha value is -2.67. The number of hydrogen-bond acceptors (Lipinski definition) is 5. The summed E-state index contributed by atoms with van der Waals surface area (Å²) in [6.45, 7) is 9.10. The van der Waals surface area contributed by atoms with Crippen LogP contribution in [0.2, 0.25) is 5.15 Å². The summed E-state index contributed by atoms with van der Waals surface area (Å²) in [6, 6.07) is 6.63. The molecule has 1 aromatic carbocycles. The molecule has 1 amide bonds. The van der Waals surface area contributed by atoms with E-state index >= 15 is 0 Å². The minimum atomic E-state index is -1.09. The molecule has 1 N–H and O–H groups in total. The van der Waals surface area contributed by atoms with Gasteiger partial charge in [0, 0.05) is 12.1 Å². The van der Waals surface area contributed by atoms with Gasteiger partial charge in [0.15, 0.2) is 11.9 Å². The van der Waals surface area contributed by atoms with E-state index in [0.717, 1.165) is 0 Å². The molecule has 0 radical (unpaired) electrons. The highest BCUT2D eigenvalue weighted by Crippen LogP contribution is 2.23. The molecule has 0 saturated carbocycles. The van der Waals surface area contributed by atoms with Gasteiger partial charge < -0.3 is 10.1 Å². The third-order valence-electron chi connectivity index (χ3n) is 4.02. The molecule has 0 bridgehead atoms. The monoisotopic (exact) mass is 405 g/mol. The van der Waals surface area contributed by atoms with Gasteiger partial charge in [0.05, 0.1) is 11.4 Å². The lowest BCUT2D eigenvalue weighted by molar-refractivity contribution is -0.123. The van der Waals surface area contributed by atoms with E-state index in [1.807, 2.05) is 13.8 Å².